The molecular weight excluding hydrogens is 538 g/mol. The Hall–Kier alpha value is -2.67. The van der Waals surface area contributed by atoms with Gasteiger partial charge in [0.25, 0.3) is 0 Å². The van der Waals surface area contributed by atoms with Crippen LogP contribution >= 0.6 is 0 Å². The van der Waals surface area contributed by atoms with Gasteiger partial charge in [0.05, 0.1) is 0 Å². The van der Waals surface area contributed by atoms with Gasteiger partial charge in [0.2, 0.25) is 17.7 Å². The lowest BCUT2D eigenvalue weighted by atomic mass is 10.0. The molecule has 1 saturated heterocycles. The highest BCUT2D eigenvalue weighted by Gasteiger charge is 2.42. The molecule has 4 atom stereocenters. The first kappa shape index (κ1) is 31.9. The van der Waals surface area contributed by atoms with Crippen molar-refractivity contribution in [3.63, 3.8) is 0 Å². The quantitative estimate of drug-likeness (QED) is 0.168. The molecule has 3 fully saturated rings. The first-order valence-electron chi connectivity index (χ1n) is 14.3. The van der Waals surface area contributed by atoms with Gasteiger partial charge in [-0.15, -0.1) is 0 Å². The number of nitrogens with one attached hydrogen (secondary N) is 3. The third-order valence-corrected chi connectivity index (χ3v) is 8.29. The molecule has 0 aromatic heterocycles. The highest BCUT2D eigenvalue weighted by atomic mass is 32.2. The number of rotatable bonds is 15. The predicted molar refractivity (Wildman–Crippen MR) is 149 cm³/mol. The lowest BCUT2D eigenvalue weighted by Gasteiger charge is -2.28. The van der Waals surface area contributed by atoms with E-state index in [0.29, 0.717) is 51.1 Å². The van der Waals surface area contributed by atoms with Crippen molar-refractivity contribution >= 4 is 34.0 Å². The van der Waals surface area contributed by atoms with Crippen LogP contribution in [-0.2, 0) is 29.3 Å². The average molecular weight is 584 g/mol. The summed E-state index contributed by atoms with van der Waals surface area (Å²) in [4.78, 5) is 51.1. The average Bonchev–Trinajstić information content (AvgIpc) is 3.76. The van der Waals surface area contributed by atoms with E-state index < -0.39 is 45.8 Å². The van der Waals surface area contributed by atoms with Gasteiger partial charge in [-0.2, -0.15) is 13.1 Å². The van der Waals surface area contributed by atoms with Gasteiger partial charge in [-0.05, 0) is 84.0 Å². The third-order valence-electron chi connectivity index (χ3n) is 7.27. The Morgan fingerprint density at radius 2 is 1.82 bits per heavy atom. The van der Waals surface area contributed by atoms with Gasteiger partial charge in [0.15, 0.2) is 0 Å². The smallest absolute Gasteiger partial charge is 0.408 e. The van der Waals surface area contributed by atoms with Crippen molar-refractivity contribution < 1.29 is 32.3 Å². The summed E-state index contributed by atoms with van der Waals surface area (Å²) < 4.78 is 33.8. The zero-order valence-electron chi connectivity index (χ0n) is 23.8. The molecule has 4 amide bonds. The minimum absolute atomic E-state index is 0.0392. The monoisotopic (exact) mass is 583 g/mol. The van der Waals surface area contributed by atoms with E-state index in [1.165, 1.54) is 4.90 Å². The van der Waals surface area contributed by atoms with E-state index in [0.717, 1.165) is 32.1 Å². The molecule has 1 aliphatic heterocycles. The van der Waals surface area contributed by atoms with E-state index in [4.69, 9.17) is 10.5 Å². The fraction of sp³-hybridized carbons (Fsp3) is 0.778. The Bertz CT molecular complexity index is 1070. The van der Waals surface area contributed by atoms with E-state index in [1.54, 1.807) is 20.8 Å². The Kier molecular flexibility index (Phi) is 11.0. The van der Waals surface area contributed by atoms with Crippen LogP contribution in [0.4, 0.5) is 4.79 Å². The molecule has 12 nitrogen and oxygen atoms in total. The van der Waals surface area contributed by atoms with Gasteiger partial charge in [-0.1, -0.05) is 25.0 Å². The number of alkyl carbamates (subject to hydrolysis) is 1. The van der Waals surface area contributed by atoms with E-state index in [9.17, 15) is 27.6 Å². The van der Waals surface area contributed by atoms with Crippen molar-refractivity contribution in [1.82, 2.24) is 19.7 Å². The standard InChI is InChI=1S/C27H45N5O7S/c1-27(2,3)39-26(36)30-21(25(35)32-15-9-12-22(32)23(28)33)11-8-6-4-5-7-10-19-16-20(19)24(34)31-40(37,38)29-17-18-13-14-18/h7,10,18-22,29H,4-6,8-9,11-17H2,1-3H3,(H2,28,33)(H,30,36)(H,31,34)/b10-7-/t19-,20+,21+,22+/m1/s1. The molecule has 2 aliphatic carbocycles. The number of unbranched alkanes of at least 4 members (excludes halogenated alkanes) is 3. The van der Waals surface area contributed by atoms with Gasteiger partial charge in [0, 0.05) is 19.0 Å². The number of carbonyl (C=O) groups is 4. The number of nitrogens with two attached hydrogens (primary N) is 1. The summed E-state index contributed by atoms with van der Waals surface area (Å²) in [5.41, 5.74) is 4.76. The van der Waals surface area contributed by atoms with Crippen LogP contribution in [0, 0.1) is 17.8 Å². The predicted octanol–water partition coefficient (Wildman–Crippen LogP) is 1.86. The van der Waals surface area contributed by atoms with Crippen molar-refractivity contribution in [2.24, 2.45) is 23.5 Å². The summed E-state index contributed by atoms with van der Waals surface area (Å²) in [6.45, 7) is 6.02. The molecule has 13 heteroatoms. The van der Waals surface area contributed by atoms with Crippen LogP contribution in [0.1, 0.15) is 85.0 Å². The number of amides is 4. The Morgan fingerprint density at radius 3 is 2.48 bits per heavy atom. The van der Waals surface area contributed by atoms with E-state index in [-0.39, 0.29) is 17.7 Å². The fourth-order valence-corrected chi connectivity index (χ4v) is 5.76. The highest BCUT2D eigenvalue weighted by Crippen LogP contribution is 2.40. The van der Waals surface area contributed by atoms with E-state index in [1.807, 2.05) is 12.2 Å². The normalized spacial score (nSPS) is 23.6. The molecule has 0 unspecified atom stereocenters. The molecule has 0 bridgehead atoms. The largest absolute Gasteiger partial charge is 0.444 e. The molecule has 0 aromatic carbocycles. The molecule has 2 saturated carbocycles. The lowest BCUT2D eigenvalue weighted by Crippen LogP contribution is -2.53. The van der Waals surface area contributed by atoms with Gasteiger partial charge in [-0.3, -0.25) is 14.4 Å². The van der Waals surface area contributed by atoms with Gasteiger partial charge >= 0.3 is 16.3 Å². The molecule has 0 spiro atoms. The number of allylic oxidation sites excluding steroid dienone is 2. The van der Waals surface area contributed by atoms with Crippen LogP contribution in [0.25, 0.3) is 0 Å². The van der Waals surface area contributed by atoms with Crippen LogP contribution in [0.2, 0.25) is 0 Å². The summed E-state index contributed by atoms with van der Waals surface area (Å²) in [5, 5.41) is 2.68. The summed E-state index contributed by atoms with van der Waals surface area (Å²) >= 11 is 0. The molecule has 5 N–H and O–H groups in total. The first-order chi connectivity index (χ1) is 18.8. The summed E-state index contributed by atoms with van der Waals surface area (Å²) in [6, 6.07) is -1.47. The molecule has 3 aliphatic rings. The van der Waals surface area contributed by atoms with E-state index in [2.05, 4.69) is 14.8 Å². The maximum absolute atomic E-state index is 13.2. The molecule has 1 heterocycles. The van der Waals surface area contributed by atoms with Crippen molar-refractivity contribution in [3.8, 4) is 0 Å². The number of primary amides is 1. The number of carbonyl (C=O) groups excluding carboxylic acids is 4. The molecule has 226 valence electrons. The van der Waals surface area contributed by atoms with Crippen molar-refractivity contribution in [1.29, 1.82) is 0 Å². The maximum Gasteiger partial charge on any atom is 0.408 e. The number of hydrogen-bond donors (Lipinski definition) is 4. The Morgan fingerprint density at radius 1 is 1.10 bits per heavy atom. The Labute approximate surface area is 237 Å². The summed E-state index contributed by atoms with van der Waals surface area (Å²) in [5.74, 6) is -1.24. The first-order valence-corrected chi connectivity index (χ1v) is 15.8. The topological polar surface area (TPSA) is 177 Å². The second-order valence-electron chi connectivity index (χ2n) is 12.1. The molecule has 40 heavy (non-hydrogen) atoms. The van der Waals surface area contributed by atoms with Crippen molar-refractivity contribution in [3.05, 3.63) is 12.2 Å². The molecular formula is C27H45N5O7S. The third kappa shape index (κ3) is 10.7. The van der Waals surface area contributed by atoms with E-state index >= 15 is 0 Å². The number of nitrogens with zero attached hydrogens (tertiary/aromatic N) is 1. The van der Waals surface area contributed by atoms with Crippen LogP contribution in [0.5, 0.6) is 0 Å². The van der Waals surface area contributed by atoms with Crippen molar-refractivity contribution in [2.75, 3.05) is 13.1 Å². The van der Waals surface area contributed by atoms with Crippen molar-refractivity contribution in [2.45, 2.75) is 103 Å². The molecule has 0 radical (unpaired) electrons. The molecule has 0 aromatic rings. The zero-order valence-corrected chi connectivity index (χ0v) is 24.6. The van der Waals surface area contributed by atoms with Gasteiger partial charge in [-0.25, -0.2) is 9.52 Å². The number of likely N-dealkylation sites (tertiary alicyclic amines) is 1. The highest BCUT2D eigenvalue weighted by molar-refractivity contribution is 7.88. The maximum atomic E-state index is 13.2. The van der Waals surface area contributed by atoms with Gasteiger partial charge < -0.3 is 20.7 Å². The lowest BCUT2D eigenvalue weighted by molar-refractivity contribution is -0.139. The second kappa shape index (κ2) is 13.8. The number of ether oxygens (including phenoxy) is 1. The fourth-order valence-electron chi connectivity index (χ4n) is 4.81. The summed E-state index contributed by atoms with van der Waals surface area (Å²) in [6.07, 6.45) is 10.7. The van der Waals surface area contributed by atoms with Crippen LogP contribution in [-0.4, -0.2) is 67.9 Å². The number of hydrogen-bond acceptors (Lipinski definition) is 7. The SMILES string of the molecule is CC(C)(C)OC(=O)N[C@@H](CCCCC/C=C\[C@@H]1C[C@@H]1C(=O)NS(=O)(=O)NCC1CC1)C(=O)N1CCC[C@H]1C(N)=O. The Balaban J connectivity index is 1.38. The minimum atomic E-state index is -3.80. The minimum Gasteiger partial charge on any atom is -0.444 e. The second-order valence-corrected chi connectivity index (χ2v) is 13.6. The van der Waals surface area contributed by atoms with Crippen LogP contribution in [0.15, 0.2) is 12.2 Å². The van der Waals surface area contributed by atoms with Gasteiger partial charge in [0.1, 0.15) is 17.7 Å². The zero-order chi connectivity index (χ0) is 29.5. The molecule has 3 rings (SSSR count). The van der Waals surface area contributed by atoms with Crippen LogP contribution in [0.3, 0.4) is 0 Å². The summed E-state index contributed by atoms with van der Waals surface area (Å²) in [7, 11) is -3.80. The van der Waals surface area contributed by atoms with Crippen LogP contribution < -0.4 is 20.5 Å².